The number of ether oxygens (including phenoxy) is 4. The van der Waals surface area contributed by atoms with Gasteiger partial charge in [-0.1, -0.05) is 12.1 Å². The highest BCUT2D eigenvalue weighted by atomic mass is 16.5. The number of hydrogen-bond donors (Lipinski definition) is 1. The minimum atomic E-state index is -0.729. The van der Waals surface area contributed by atoms with Crippen molar-refractivity contribution in [3.05, 3.63) is 47.5 Å². The number of nitrogens with zero attached hydrogens (tertiary/aromatic N) is 1. The predicted octanol–water partition coefficient (Wildman–Crippen LogP) is 3.61. The lowest BCUT2D eigenvalue weighted by molar-refractivity contribution is -0.143. The summed E-state index contributed by atoms with van der Waals surface area (Å²) in [5.41, 5.74) is 1.90. The Labute approximate surface area is 177 Å². The molecular formula is C23H29NO6. The van der Waals surface area contributed by atoms with E-state index < -0.39 is 5.97 Å². The summed E-state index contributed by atoms with van der Waals surface area (Å²) in [6, 6.07) is 11.4. The highest BCUT2D eigenvalue weighted by molar-refractivity contribution is 5.70. The molecule has 1 aliphatic rings. The van der Waals surface area contributed by atoms with Crippen molar-refractivity contribution in [3.8, 4) is 23.0 Å². The second-order valence-electron chi connectivity index (χ2n) is 7.24. The molecule has 0 spiro atoms. The first kappa shape index (κ1) is 21.8. The van der Waals surface area contributed by atoms with Gasteiger partial charge >= 0.3 is 5.97 Å². The molecule has 1 saturated heterocycles. The van der Waals surface area contributed by atoms with Crippen LogP contribution in [0, 0.1) is 5.92 Å². The summed E-state index contributed by atoms with van der Waals surface area (Å²) in [6.45, 7) is 1.30. The minimum Gasteiger partial charge on any atom is -0.496 e. The number of hydrogen-bond acceptors (Lipinski definition) is 6. The molecule has 2 aromatic carbocycles. The quantitative estimate of drug-likeness (QED) is 0.706. The monoisotopic (exact) mass is 415 g/mol. The van der Waals surface area contributed by atoms with Crippen LogP contribution < -0.4 is 18.9 Å². The van der Waals surface area contributed by atoms with Crippen molar-refractivity contribution < 1.29 is 28.8 Å². The molecule has 0 radical (unpaired) electrons. The zero-order valence-corrected chi connectivity index (χ0v) is 17.9. The maximum atomic E-state index is 11.4. The normalized spacial score (nSPS) is 16.0. The Balaban J connectivity index is 2.11. The highest BCUT2D eigenvalue weighted by Gasteiger charge is 2.33. The fourth-order valence-corrected chi connectivity index (χ4v) is 4.14. The van der Waals surface area contributed by atoms with Crippen LogP contribution >= 0.6 is 0 Å². The summed E-state index contributed by atoms with van der Waals surface area (Å²) in [5, 5.41) is 9.40. The van der Waals surface area contributed by atoms with Gasteiger partial charge in [0.15, 0.2) is 11.5 Å². The Hall–Kier alpha value is -2.93. The fourth-order valence-electron chi connectivity index (χ4n) is 4.14. The molecule has 0 saturated carbocycles. The average Bonchev–Trinajstić information content (AvgIpc) is 2.79. The lowest BCUT2D eigenvalue weighted by Gasteiger charge is -2.38. The topological polar surface area (TPSA) is 77.5 Å². The number of piperidine rings is 1. The molecular weight excluding hydrogens is 386 g/mol. The Bertz CT molecular complexity index is 854. The van der Waals surface area contributed by atoms with Crippen LogP contribution in [0.3, 0.4) is 0 Å². The van der Waals surface area contributed by atoms with E-state index in [0.29, 0.717) is 37.4 Å². The standard InChI is InChI=1S/C23H29NO6/c1-27-17-9-8-16(14-20(17)30-4)22(24-12-10-15(11-13-24)23(25)26)21-18(28-2)6-5-7-19(21)29-3/h5-9,14-15,22H,10-13H2,1-4H3,(H,25,26). The molecule has 1 atom stereocenters. The van der Waals surface area contributed by atoms with Crippen molar-refractivity contribution >= 4 is 5.97 Å². The SMILES string of the molecule is COc1ccc(C(c2c(OC)cccc2OC)N2CCC(C(=O)O)CC2)cc1OC. The molecule has 2 aromatic rings. The van der Waals surface area contributed by atoms with E-state index in [9.17, 15) is 9.90 Å². The molecule has 3 rings (SSSR count). The maximum Gasteiger partial charge on any atom is 0.306 e. The number of carbonyl (C=O) groups is 1. The van der Waals surface area contributed by atoms with E-state index in [1.165, 1.54) is 0 Å². The van der Waals surface area contributed by atoms with Gasteiger partial charge in [-0.2, -0.15) is 0 Å². The number of likely N-dealkylation sites (tertiary alicyclic amines) is 1. The number of carboxylic acid groups (broad SMARTS) is 1. The molecule has 7 heteroatoms. The summed E-state index contributed by atoms with van der Waals surface area (Å²) in [6.07, 6.45) is 1.19. The van der Waals surface area contributed by atoms with E-state index in [2.05, 4.69) is 4.90 Å². The van der Waals surface area contributed by atoms with Crippen LogP contribution in [0.2, 0.25) is 0 Å². The Morgan fingerprint density at radius 1 is 0.900 bits per heavy atom. The molecule has 30 heavy (non-hydrogen) atoms. The maximum absolute atomic E-state index is 11.4. The molecule has 0 aromatic heterocycles. The predicted molar refractivity (Wildman–Crippen MR) is 113 cm³/mol. The summed E-state index contributed by atoms with van der Waals surface area (Å²) in [5.74, 6) is 1.67. The van der Waals surface area contributed by atoms with Gasteiger partial charge < -0.3 is 24.1 Å². The van der Waals surface area contributed by atoms with Crippen molar-refractivity contribution in [2.75, 3.05) is 41.5 Å². The number of carboxylic acids is 1. The van der Waals surface area contributed by atoms with E-state index >= 15 is 0 Å². The van der Waals surface area contributed by atoms with Gasteiger partial charge in [-0.05, 0) is 55.8 Å². The van der Waals surface area contributed by atoms with Crippen molar-refractivity contribution in [2.24, 2.45) is 5.92 Å². The number of aliphatic carboxylic acids is 1. The molecule has 1 heterocycles. The second-order valence-corrected chi connectivity index (χ2v) is 7.24. The van der Waals surface area contributed by atoms with Gasteiger partial charge in [0.1, 0.15) is 11.5 Å². The van der Waals surface area contributed by atoms with Crippen LogP contribution in [0.1, 0.15) is 30.0 Å². The van der Waals surface area contributed by atoms with Crippen molar-refractivity contribution in [1.29, 1.82) is 0 Å². The molecule has 0 amide bonds. The lowest BCUT2D eigenvalue weighted by Crippen LogP contribution is -2.39. The lowest BCUT2D eigenvalue weighted by atomic mass is 9.90. The van der Waals surface area contributed by atoms with Crippen molar-refractivity contribution in [3.63, 3.8) is 0 Å². The van der Waals surface area contributed by atoms with E-state index in [1.807, 2.05) is 36.4 Å². The van der Waals surface area contributed by atoms with Crippen LogP contribution in [0.5, 0.6) is 23.0 Å². The van der Waals surface area contributed by atoms with Crippen LogP contribution in [0.4, 0.5) is 0 Å². The third-order valence-corrected chi connectivity index (χ3v) is 5.71. The molecule has 1 N–H and O–H groups in total. The molecule has 1 aliphatic heterocycles. The Morgan fingerprint density at radius 2 is 1.47 bits per heavy atom. The minimum absolute atomic E-state index is 0.189. The van der Waals surface area contributed by atoms with Gasteiger partial charge in [-0.15, -0.1) is 0 Å². The Morgan fingerprint density at radius 3 is 1.97 bits per heavy atom. The Kier molecular flexibility index (Phi) is 7.05. The van der Waals surface area contributed by atoms with Crippen molar-refractivity contribution in [1.82, 2.24) is 4.90 Å². The molecule has 7 nitrogen and oxygen atoms in total. The van der Waals surface area contributed by atoms with Gasteiger partial charge in [-0.3, -0.25) is 9.69 Å². The van der Waals surface area contributed by atoms with Crippen LogP contribution in [0.25, 0.3) is 0 Å². The van der Waals surface area contributed by atoms with Gasteiger partial charge in [0.05, 0.1) is 46.0 Å². The smallest absolute Gasteiger partial charge is 0.306 e. The number of benzene rings is 2. The average molecular weight is 415 g/mol. The molecule has 1 fully saturated rings. The van der Waals surface area contributed by atoms with Gasteiger partial charge in [-0.25, -0.2) is 0 Å². The fraction of sp³-hybridized carbons (Fsp3) is 0.435. The van der Waals surface area contributed by atoms with Crippen molar-refractivity contribution in [2.45, 2.75) is 18.9 Å². The first-order chi connectivity index (χ1) is 14.5. The number of rotatable bonds is 8. The van der Waals surface area contributed by atoms with Crippen LogP contribution in [0.15, 0.2) is 36.4 Å². The van der Waals surface area contributed by atoms with Crippen LogP contribution in [-0.2, 0) is 4.79 Å². The largest absolute Gasteiger partial charge is 0.496 e. The summed E-state index contributed by atoms with van der Waals surface area (Å²) in [4.78, 5) is 13.7. The van der Waals surface area contributed by atoms with E-state index in [1.54, 1.807) is 28.4 Å². The van der Waals surface area contributed by atoms with E-state index in [4.69, 9.17) is 18.9 Å². The molecule has 1 unspecified atom stereocenters. The summed E-state index contributed by atoms with van der Waals surface area (Å²) < 4.78 is 22.3. The third kappa shape index (κ3) is 4.31. The van der Waals surface area contributed by atoms with Gasteiger partial charge in [0.2, 0.25) is 0 Å². The first-order valence-corrected chi connectivity index (χ1v) is 9.93. The zero-order chi connectivity index (χ0) is 21.7. The summed E-state index contributed by atoms with van der Waals surface area (Å²) >= 11 is 0. The van der Waals surface area contributed by atoms with Gasteiger partial charge in [0.25, 0.3) is 0 Å². The third-order valence-electron chi connectivity index (χ3n) is 5.71. The zero-order valence-electron chi connectivity index (χ0n) is 17.9. The molecule has 0 bridgehead atoms. The highest BCUT2D eigenvalue weighted by Crippen LogP contribution is 2.44. The molecule has 0 aliphatic carbocycles. The molecule has 162 valence electrons. The van der Waals surface area contributed by atoms with E-state index in [-0.39, 0.29) is 12.0 Å². The summed E-state index contributed by atoms with van der Waals surface area (Å²) in [7, 11) is 6.49. The second kappa shape index (κ2) is 9.71. The van der Waals surface area contributed by atoms with E-state index in [0.717, 1.165) is 22.6 Å². The number of methoxy groups -OCH3 is 4. The first-order valence-electron chi connectivity index (χ1n) is 9.93. The van der Waals surface area contributed by atoms with Crippen LogP contribution in [-0.4, -0.2) is 57.5 Å². The van der Waals surface area contributed by atoms with Gasteiger partial charge in [0, 0.05) is 0 Å².